The molecule has 3 aromatic rings. The van der Waals surface area contributed by atoms with Crippen LogP contribution >= 0.6 is 11.3 Å². The highest BCUT2D eigenvalue weighted by Gasteiger charge is 2.36. The Morgan fingerprint density at radius 3 is 2.46 bits per heavy atom. The molecule has 0 radical (unpaired) electrons. The van der Waals surface area contributed by atoms with Crippen LogP contribution in [0, 0.1) is 5.92 Å². The molecule has 2 aromatic carbocycles. The van der Waals surface area contributed by atoms with Gasteiger partial charge in [-0.1, -0.05) is 19.1 Å². The molecule has 14 heteroatoms. The van der Waals surface area contributed by atoms with E-state index in [0.29, 0.717) is 5.75 Å². The Labute approximate surface area is 244 Å². The predicted molar refractivity (Wildman–Crippen MR) is 156 cm³/mol. The number of hydrogen-bond acceptors (Lipinski definition) is 9. The SMILES string of the molecule is COc1ccc(S(=O)(=O)N(C)C[C@H]2Oc3c(NS(=O)(=O)c4cccs4)cccc3C(=O)N([C@H](C)CO)C[C@@H]2C)cc1. The van der Waals surface area contributed by atoms with E-state index in [1.54, 1.807) is 30.5 Å². The first-order chi connectivity index (χ1) is 19.4. The number of hydrogen-bond donors (Lipinski definition) is 2. The van der Waals surface area contributed by atoms with Crippen molar-refractivity contribution in [1.82, 2.24) is 9.21 Å². The van der Waals surface area contributed by atoms with Gasteiger partial charge in [-0.15, -0.1) is 11.3 Å². The number of sulfonamides is 2. The second kappa shape index (κ2) is 12.4. The molecule has 2 heterocycles. The number of likely N-dealkylation sites (N-methyl/N-ethyl adjacent to an activating group) is 1. The topological polar surface area (TPSA) is 143 Å². The average molecular weight is 624 g/mol. The molecule has 0 saturated carbocycles. The third-order valence-corrected chi connectivity index (χ3v) is 11.5. The molecule has 1 aliphatic heterocycles. The van der Waals surface area contributed by atoms with Gasteiger partial charge in [0.05, 0.1) is 42.4 Å². The van der Waals surface area contributed by atoms with Crippen molar-refractivity contribution in [1.29, 1.82) is 0 Å². The Morgan fingerprint density at radius 1 is 1.15 bits per heavy atom. The number of thiophene rings is 1. The summed E-state index contributed by atoms with van der Waals surface area (Å²) in [6, 6.07) is 13.1. The minimum atomic E-state index is -3.99. The van der Waals surface area contributed by atoms with Gasteiger partial charge in [0.1, 0.15) is 16.1 Å². The molecule has 1 amide bonds. The van der Waals surface area contributed by atoms with E-state index in [0.717, 1.165) is 15.6 Å². The Hall–Kier alpha value is -3.17. The predicted octanol–water partition coefficient (Wildman–Crippen LogP) is 3.10. The molecule has 0 spiro atoms. The zero-order chi connectivity index (χ0) is 29.9. The minimum absolute atomic E-state index is 0.0143. The van der Waals surface area contributed by atoms with Crippen molar-refractivity contribution in [2.45, 2.75) is 35.1 Å². The van der Waals surface area contributed by atoms with Crippen LogP contribution in [-0.2, 0) is 20.0 Å². The van der Waals surface area contributed by atoms with Crippen LogP contribution in [0.1, 0.15) is 24.2 Å². The molecule has 0 aliphatic carbocycles. The van der Waals surface area contributed by atoms with Crippen molar-refractivity contribution in [2.75, 3.05) is 38.6 Å². The Morgan fingerprint density at radius 2 is 1.85 bits per heavy atom. The van der Waals surface area contributed by atoms with Gasteiger partial charge < -0.3 is 19.5 Å². The first kappa shape index (κ1) is 30.8. The smallest absolute Gasteiger partial charge is 0.271 e. The maximum Gasteiger partial charge on any atom is 0.271 e. The van der Waals surface area contributed by atoms with Crippen LogP contribution in [0.3, 0.4) is 0 Å². The normalized spacial score (nSPS) is 18.7. The fraction of sp³-hybridized carbons (Fsp3) is 0.370. The third-order valence-electron chi connectivity index (χ3n) is 6.90. The van der Waals surface area contributed by atoms with Crippen LogP contribution in [0.15, 0.2) is 69.1 Å². The Bertz CT molecular complexity index is 1580. The number of anilines is 1. The molecule has 1 aliphatic rings. The summed E-state index contributed by atoms with van der Waals surface area (Å²) in [7, 11) is -5.00. The highest BCUT2D eigenvalue weighted by atomic mass is 32.2. The van der Waals surface area contributed by atoms with Gasteiger partial charge in [0, 0.05) is 19.5 Å². The molecule has 0 fully saturated rings. The summed E-state index contributed by atoms with van der Waals surface area (Å²) < 4.78 is 68.2. The lowest BCUT2D eigenvalue weighted by Crippen LogP contribution is -2.50. The van der Waals surface area contributed by atoms with Gasteiger partial charge in [-0.25, -0.2) is 16.8 Å². The van der Waals surface area contributed by atoms with Crippen LogP contribution in [0.5, 0.6) is 11.5 Å². The van der Waals surface area contributed by atoms with Gasteiger partial charge >= 0.3 is 0 Å². The van der Waals surface area contributed by atoms with Crippen LogP contribution in [0.25, 0.3) is 0 Å². The second-order valence-electron chi connectivity index (χ2n) is 9.80. The van der Waals surface area contributed by atoms with E-state index < -0.39 is 44.0 Å². The fourth-order valence-electron chi connectivity index (χ4n) is 4.43. The van der Waals surface area contributed by atoms with Crippen LogP contribution < -0.4 is 14.2 Å². The summed E-state index contributed by atoms with van der Waals surface area (Å²) in [6.45, 7) is 3.29. The highest BCUT2D eigenvalue weighted by Crippen LogP contribution is 2.36. The molecule has 0 saturated heterocycles. The molecule has 4 rings (SSSR count). The molecular weight excluding hydrogens is 591 g/mol. The molecule has 3 atom stereocenters. The molecule has 11 nitrogen and oxygen atoms in total. The molecule has 1 aromatic heterocycles. The summed E-state index contributed by atoms with van der Waals surface area (Å²) in [5.74, 6) is -0.347. The lowest BCUT2D eigenvalue weighted by atomic mass is 9.99. The van der Waals surface area contributed by atoms with Crippen molar-refractivity contribution >= 4 is 43.0 Å². The van der Waals surface area contributed by atoms with E-state index in [4.69, 9.17) is 9.47 Å². The van der Waals surface area contributed by atoms with Crippen molar-refractivity contribution in [2.24, 2.45) is 5.92 Å². The third kappa shape index (κ3) is 6.51. The van der Waals surface area contributed by atoms with Crippen LogP contribution in [-0.4, -0.2) is 83.1 Å². The number of para-hydroxylation sites is 1. The number of nitrogens with zero attached hydrogens (tertiary/aromatic N) is 2. The van der Waals surface area contributed by atoms with E-state index in [-0.39, 0.29) is 45.8 Å². The number of carbonyl (C=O) groups excluding carboxylic acids is 1. The zero-order valence-electron chi connectivity index (χ0n) is 23.1. The van der Waals surface area contributed by atoms with E-state index in [1.807, 2.05) is 6.92 Å². The standard InChI is InChI=1S/C27H33N3O8S3/c1-18-15-30(19(2)17-31)27(32)22-7-5-8-23(28-40(33,34)25-9-6-14-39-25)26(22)38-24(18)16-29(3)41(35,36)21-12-10-20(37-4)11-13-21/h5-14,18-19,24,28,31H,15-17H2,1-4H3/t18-,19+,24+/m0/s1. The van der Waals surface area contributed by atoms with Crippen LogP contribution in [0.4, 0.5) is 5.69 Å². The quantitative estimate of drug-likeness (QED) is 0.351. The monoisotopic (exact) mass is 623 g/mol. The van der Waals surface area contributed by atoms with Gasteiger partial charge in [0.25, 0.3) is 15.9 Å². The van der Waals surface area contributed by atoms with Crippen molar-refractivity contribution in [3.63, 3.8) is 0 Å². The number of aliphatic hydroxyl groups is 1. The van der Waals surface area contributed by atoms with Gasteiger partial charge in [-0.05, 0) is 54.8 Å². The average Bonchev–Trinajstić information content (AvgIpc) is 3.51. The molecule has 0 bridgehead atoms. The number of rotatable bonds is 10. The maximum absolute atomic E-state index is 13.7. The van der Waals surface area contributed by atoms with Gasteiger partial charge in [0.15, 0.2) is 5.75 Å². The highest BCUT2D eigenvalue weighted by molar-refractivity contribution is 7.94. The fourth-order valence-corrected chi connectivity index (χ4v) is 7.67. The summed E-state index contributed by atoms with van der Waals surface area (Å²) in [6.07, 6.45) is -0.791. The molecule has 0 unspecified atom stereocenters. The number of fused-ring (bicyclic) bond motifs is 1. The van der Waals surface area contributed by atoms with E-state index in [2.05, 4.69) is 4.72 Å². The molecular formula is C27H33N3O8S3. The zero-order valence-corrected chi connectivity index (χ0v) is 25.5. The summed E-state index contributed by atoms with van der Waals surface area (Å²) in [5.41, 5.74) is 0.134. The lowest BCUT2D eigenvalue weighted by Gasteiger charge is -2.38. The number of aliphatic hydroxyl groups excluding tert-OH is 1. The molecule has 2 N–H and O–H groups in total. The van der Waals surface area contributed by atoms with Gasteiger partial charge in [-0.3, -0.25) is 9.52 Å². The molecule has 41 heavy (non-hydrogen) atoms. The number of nitrogens with one attached hydrogen (secondary N) is 1. The van der Waals surface area contributed by atoms with Crippen molar-refractivity contribution in [3.05, 3.63) is 65.5 Å². The maximum atomic E-state index is 13.7. The van der Waals surface area contributed by atoms with Crippen LogP contribution in [0.2, 0.25) is 0 Å². The van der Waals surface area contributed by atoms with Crippen molar-refractivity contribution < 1.29 is 36.2 Å². The number of carbonyl (C=O) groups is 1. The second-order valence-corrected chi connectivity index (χ2v) is 14.7. The molecule has 222 valence electrons. The van der Waals surface area contributed by atoms with E-state index in [9.17, 15) is 26.7 Å². The first-order valence-electron chi connectivity index (χ1n) is 12.8. The Kier molecular flexibility index (Phi) is 9.29. The number of benzene rings is 2. The largest absolute Gasteiger partial charge is 0.497 e. The Balaban J connectivity index is 1.74. The number of amides is 1. The van der Waals surface area contributed by atoms with E-state index >= 15 is 0 Å². The first-order valence-corrected chi connectivity index (χ1v) is 16.6. The summed E-state index contributed by atoms with van der Waals surface area (Å²) >= 11 is 1.04. The lowest BCUT2D eigenvalue weighted by molar-refractivity contribution is 0.0389. The number of methoxy groups -OCH3 is 1. The summed E-state index contributed by atoms with van der Waals surface area (Å²) in [5, 5.41) is 11.5. The summed E-state index contributed by atoms with van der Waals surface area (Å²) in [4.78, 5) is 15.2. The van der Waals surface area contributed by atoms with Gasteiger partial charge in [0.2, 0.25) is 10.0 Å². The van der Waals surface area contributed by atoms with Crippen molar-refractivity contribution in [3.8, 4) is 11.5 Å². The van der Waals surface area contributed by atoms with Gasteiger partial charge in [-0.2, -0.15) is 4.31 Å². The van der Waals surface area contributed by atoms with E-state index in [1.165, 1.54) is 55.5 Å². The minimum Gasteiger partial charge on any atom is -0.497 e. The number of ether oxygens (including phenoxy) is 2.